The number of carbonyl (C=O) groups excluding carboxylic acids is 1. The number of ether oxygens (including phenoxy) is 2. The van der Waals surface area contributed by atoms with Crippen molar-refractivity contribution < 1.29 is 14.3 Å². The molecule has 0 aliphatic carbocycles. The molecule has 0 saturated carbocycles. The number of nitrogen functional groups attached to an aromatic ring is 1. The van der Waals surface area contributed by atoms with E-state index in [0.29, 0.717) is 24.6 Å². The fourth-order valence-electron chi connectivity index (χ4n) is 2.73. The molecule has 2 aromatic rings. The molecule has 1 aliphatic heterocycles. The third kappa shape index (κ3) is 4.24. The van der Waals surface area contributed by atoms with Crippen molar-refractivity contribution in [2.45, 2.75) is 25.9 Å². The number of nitrogens with two attached hydrogens (primary N) is 1. The molecule has 25 heavy (non-hydrogen) atoms. The molecule has 1 unspecified atom stereocenters. The number of anilines is 1. The van der Waals surface area contributed by atoms with E-state index >= 15 is 0 Å². The number of nitrogens with zero attached hydrogens (tertiary/aromatic N) is 2. The number of para-hydroxylation sites is 1. The van der Waals surface area contributed by atoms with Gasteiger partial charge in [0.2, 0.25) is 5.95 Å². The lowest BCUT2D eigenvalue weighted by atomic mass is 10.1. The second-order valence-electron chi connectivity index (χ2n) is 5.80. The van der Waals surface area contributed by atoms with Gasteiger partial charge < -0.3 is 20.5 Å². The molecule has 1 fully saturated rings. The first kappa shape index (κ1) is 17.2. The normalized spacial score (nSPS) is 16.6. The molecule has 3 N–H and O–H groups in total. The minimum Gasteiger partial charge on any atom is -0.490 e. The summed E-state index contributed by atoms with van der Waals surface area (Å²) in [6.07, 6.45) is 2.19. The number of hydrogen-bond donors (Lipinski definition) is 2. The maximum atomic E-state index is 12.1. The summed E-state index contributed by atoms with van der Waals surface area (Å²) in [7, 11) is 0. The van der Waals surface area contributed by atoms with Crippen molar-refractivity contribution in [2.75, 3.05) is 25.5 Å². The summed E-state index contributed by atoms with van der Waals surface area (Å²) in [4.78, 5) is 20.3. The van der Waals surface area contributed by atoms with Crippen LogP contribution in [0.3, 0.4) is 0 Å². The van der Waals surface area contributed by atoms with Gasteiger partial charge in [0, 0.05) is 18.7 Å². The van der Waals surface area contributed by atoms with Crippen LogP contribution in [0.25, 0.3) is 11.3 Å². The lowest BCUT2D eigenvalue weighted by Crippen LogP contribution is -2.24. The Morgan fingerprint density at radius 1 is 1.40 bits per heavy atom. The number of benzene rings is 1. The average molecular weight is 342 g/mol. The molecule has 0 spiro atoms. The SMILES string of the molecule is CCNC(=O)c1cc(-c2ccccc2OCC2CCCO2)nc(N)n1. The highest BCUT2D eigenvalue weighted by Gasteiger charge is 2.18. The van der Waals surface area contributed by atoms with Gasteiger partial charge in [-0.3, -0.25) is 4.79 Å². The maximum Gasteiger partial charge on any atom is 0.270 e. The molecule has 1 aromatic heterocycles. The highest BCUT2D eigenvalue weighted by molar-refractivity contribution is 5.93. The number of hydrogen-bond acceptors (Lipinski definition) is 6. The summed E-state index contributed by atoms with van der Waals surface area (Å²) < 4.78 is 11.5. The van der Waals surface area contributed by atoms with E-state index in [1.165, 1.54) is 0 Å². The van der Waals surface area contributed by atoms with E-state index in [9.17, 15) is 4.79 Å². The molecule has 1 saturated heterocycles. The van der Waals surface area contributed by atoms with E-state index in [1.807, 2.05) is 31.2 Å². The van der Waals surface area contributed by atoms with Crippen LogP contribution in [0.4, 0.5) is 5.95 Å². The molecule has 1 aromatic carbocycles. The van der Waals surface area contributed by atoms with E-state index in [2.05, 4.69) is 15.3 Å². The Hall–Kier alpha value is -2.67. The van der Waals surface area contributed by atoms with Crippen molar-refractivity contribution in [1.29, 1.82) is 0 Å². The Balaban J connectivity index is 1.86. The Kier molecular flexibility index (Phi) is 5.45. The van der Waals surface area contributed by atoms with Gasteiger partial charge in [-0.25, -0.2) is 9.97 Å². The zero-order valence-electron chi connectivity index (χ0n) is 14.2. The molecular weight excluding hydrogens is 320 g/mol. The Labute approximate surface area is 146 Å². The molecule has 7 nitrogen and oxygen atoms in total. The Morgan fingerprint density at radius 2 is 2.24 bits per heavy atom. The fourth-order valence-corrected chi connectivity index (χ4v) is 2.73. The van der Waals surface area contributed by atoms with Gasteiger partial charge in [-0.1, -0.05) is 12.1 Å². The second kappa shape index (κ2) is 7.94. The number of carbonyl (C=O) groups is 1. The topological polar surface area (TPSA) is 99.4 Å². The highest BCUT2D eigenvalue weighted by atomic mass is 16.5. The van der Waals surface area contributed by atoms with Gasteiger partial charge in [-0.2, -0.15) is 0 Å². The van der Waals surface area contributed by atoms with E-state index in [-0.39, 0.29) is 23.7 Å². The number of aromatic nitrogens is 2. The molecule has 132 valence electrons. The first-order valence-corrected chi connectivity index (χ1v) is 8.44. The van der Waals surface area contributed by atoms with Gasteiger partial charge in [-0.15, -0.1) is 0 Å². The third-order valence-electron chi connectivity index (χ3n) is 3.93. The quantitative estimate of drug-likeness (QED) is 0.833. The highest BCUT2D eigenvalue weighted by Crippen LogP contribution is 2.30. The minimum absolute atomic E-state index is 0.0488. The molecule has 7 heteroatoms. The number of nitrogens with one attached hydrogen (secondary N) is 1. The Morgan fingerprint density at radius 3 is 3.00 bits per heavy atom. The van der Waals surface area contributed by atoms with E-state index < -0.39 is 0 Å². The molecule has 0 radical (unpaired) electrons. The van der Waals surface area contributed by atoms with Crippen LogP contribution in [-0.2, 0) is 4.74 Å². The summed E-state index contributed by atoms with van der Waals surface area (Å²) >= 11 is 0. The van der Waals surface area contributed by atoms with Gasteiger partial charge in [0.15, 0.2) is 0 Å². The standard InChI is InChI=1S/C18H22N4O3/c1-2-20-17(23)15-10-14(21-18(19)22-15)13-7-3-4-8-16(13)25-11-12-6-5-9-24-12/h3-4,7-8,10,12H,2,5-6,9,11H2,1H3,(H,20,23)(H2,19,21,22). The Bertz CT molecular complexity index is 745. The monoisotopic (exact) mass is 342 g/mol. The molecular formula is C18H22N4O3. The third-order valence-corrected chi connectivity index (χ3v) is 3.93. The van der Waals surface area contributed by atoms with Crippen LogP contribution in [0.5, 0.6) is 5.75 Å². The predicted molar refractivity (Wildman–Crippen MR) is 94.4 cm³/mol. The molecule has 2 heterocycles. The number of rotatable bonds is 6. The molecule has 0 bridgehead atoms. The van der Waals surface area contributed by atoms with Gasteiger partial charge >= 0.3 is 0 Å². The van der Waals surface area contributed by atoms with Crippen molar-refractivity contribution in [1.82, 2.24) is 15.3 Å². The van der Waals surface area contributed by atoms with Crippen LogP contribution < -0.4 is 15.8 Å². The smallest absolute Gasteiger partial charge is 0.270 e. The predicted octanol–water partition coefficient (Wildman–Crippen LogP) is 2.03. The van der Waals surface area contributed by atoms with E-state index in [0.717, 1.165) is 25.0 Å². The first-order chi connectivity index (χ1) is 12.2. The van der Waals surface area contributed by atoms with Gasteiger partial charge in [0.1, 0.15) is 18.1 Å². The lowest BCUT2D eigenvalue weighted by molar-refractivity contribution is 0.0681. The number of amides is 1. The van der Waals surface area contributed by atoms with Crippen LogP contribution in [0.15, 0.2) is 30.3 Å². The fraction of sp³-hybridized carbons (Fsp3) is 0.389. The van der Waals surface area contributed by atoms with Crippen molar-refractivity contribution >= 4 is 11.9 Å². The molecule has 1 aliphatic rings. The summed E-state index contributed by atoms with van der Waals surface area (Å²) in [5, 5.41) is 2.71. The lowest BCUT2D eigenvalue weighted by Gasteiger charge is -2.15. The summed E-state index contributed by atoms with van der Waals surface area (Å²) in [6.45, 7) is 3.63. The average Bonchev–Trinajstić information content (AvgIpc) is 3.13. The molecule has 3 rings (SSSR count). The van der Waals surface area contributed by atoms with Crippen LogP contribution in [0, 0.1) is 0 Å². The van der Waals surface area contributed by atoms with Crippen LogP contribution in [-0.4, -0.2) is 41.7 Å². The van der Waals surface area contributed by atoms with Gasteiger partial charge in [0.25, 0.3) is 5.91 Å². The van der Waals surface area contributed by atoms with E-state index in [4.69, 9.17) is 15.2 Å². The van der Waals surface area contributed by atoms with Crippen LogP contribution in [0.2, 0.25) is 0 Å². The van der Waals surface area contributed by atoms with Crippen molar-refractivity contribution in [3.8, 4) is 17.0 Å². The van der Waals surface area contributed by atoms with Crippen molar-refractivity contribution in [3.05, 3.63) is 36.0 Å². The zero-order chi connectivity index (χ0) is 17.6. The largest absolute Gasteiger partial charge is 0.490 e. The van der Waals surface area contributed by atoms with Crippen molar-refractivity contribution in [2.24, 2.45) is 0 Å². The van der Waals surface area contributed by atoms with Gasteiger partial charge in [-0.05, 0) is 38.0 Å². The summed E-state index contributed by atoms with van der Waals surface area (Å²) in [5.41, 5.74) is 7.34. The van der Waals surface area contributed by atoms with Crippen molar-refractivity contribution in [3.63, 3.8) is 0 Å². The first-order valence-electron chi connectivity index (χ1n) is 8.44. The molecule has 1 amide bonds. The summed E-state index contributed by atoms with van der Waals surface area (Å²) in [6, 6.07) is 9.15. The maximum absolute atomic E-state index is 12.1. The second-order valence-corrected chi connectivity index (χ2v) is 5.80. The van der Waals surface area contributed by atoms with Gasteiger partial charge in [0.05, 0.1) is 11.8 Å². The molecule has 1 atom stereocenters. The summed E-state index contributed by atoms with van der Waals surface area (Å²) in [5.74, 6) is 0.446. The van der Waals surface area contributed by atoms with E-state index in [1.54, 1.807) is 6.07 Å². The zero-order valence-corrected chi connectivity index (χ0v) is 14.2. The minimum atomic E-state index is -0.282. The van der Waals surface area contributed by atoms with Crippen LogP contribution >= 0.6 is 0 Å². The van der Waals surface area contributed by atoms with Crippen LogP contribution in [0.1, 0.15) is 30.3 Å².